The molecule has 2 nitrogen and oxygen atoms in total. The van der Waals surface area contributed by atoms with Gasteiger partial charge in [0.05, 0.1) is 0 Å². The number of rotatable bonds is 0. The van der Waals surface area contributed by atoms with Gasteiger partial charge in [0.1, 0.15) is 0 Å². The van der Waals surface area contributed by atoms with Crippen LogP contribution in [0.3, 0.4) is 0 Å². The van der Waals surface area contributed by atoms with E-state index in [9.17, 15) is 4.79 Å². The monoisotopic (exact) mass is 519 g/mol. The Hall–Kier alpha value is 0.587. The molecule has 0 atom stereocenters. The van der Waals surface area contributed by atoms with Crippen LogP contribution in [-0.2, 0) is 43.5 Å². The fraction of sp³-hybridized carbons (Fsp3) is 0.667. The summed E-state index contributed by atoms with van der Waals surface area (Å²) in [4.78, 5) is 13.9. The van der Waals surface area contributed by atoms with Gasteiger partial charge in [-0.2, -0.15) is 0 Å². The van der Waals surface area contributed by atoms with E-state index < -0.39 is 0 Å². The number of likely N-dealkylation sites (tertiary alicyclic amines) is 1. The number of carbonyl (C=O) groups is 1. The second-order valence-electron chi connectivity index (χ2n) is 4.19. The quantitative estimate of drug-likeness (QED) is 0.462. The Labute approximate surface area is 101 Å². The molecule has 4 heteroatoms. The van der Waals surface area contributed by atoms with Gasteiger partial charge in [-0.05, 0) is 0 Å². The second-order valence-corrected chi connectivity index (χ2v) is 7.34. The molecule has 1 amide bonds. The van der Waals surface area contributed by atoms with Gasteiger partial charge in [0.25, 0.3) is 0 Å². The van der Waals surface area contributed by atoms with E-state index >= 15 is 0 Å². The third-order valence-corrected chi connectivity index (χ3v) is 7.05. The van der Waals surface area contributed by atoms with Gasteiger partial charge in [0, 0.05) is 0 Å². The van der Waals surface area contributed by atoms with Gasteiger partial charge in [0.15, 0.2) is 0 Å². The molecule has 0 radical (unpaired) electrons. The van der Waals surface area contributed by atoms with Crippen LogP contribution < -0.4 is 0 Å². The first kappa shape index (κ1) is 11.7. The molecular formula is C9H13NOW2. The third-order valence-electron chi connectivity index (χ3n) is 1.93. The summed E-state index contributed by atoms with van der Waals surface area (Å²) in [5, 5.41) is 0. The zero-order valence-electron chi connectivity index (χ0n) is 8.09. The summed E-state index contributed by atoms with van der Waals surface area (Å²) in [6.45, 7) is 6.86. The maximum atomic E-state index is 11.9. The van der Waals surface area contributed by atoms with Crippen molar-refractivity contribution in [2.24, 2.45) is 5.41 Å². The topological polar surface area (TPSA) is 20.3 Å². The molecule has 1 heterocycles. The zero-order chi connectivity index (χ0) is 10.2. The molecule has 0 aromatic rings. The van der Waals surface area contributed by atoms with Crippen molar-refractivity contribution in [3.05, 3.63) is 0 Å². The van der Waals surface area contributed by atoms with Crippen LogP contribution in [0, 0.1) is 5.41 Å². The summed E-state index contributed by atoms with van der Waals surface area (Å²) in [5.41, 5.74) is -0.235. The van der Waals surface area contributed by atoms with Gasteiger partial charge in [-0.3, -0.25) is 0 Å². The van der Waals surface area contributed by atoms with E-state index in [0.29, 0.717) is 0 Å². The Morgan fingerprint density at radius 1 is 1.38 bits per heavy atom. The van der Waals surface area contributed by atoms with Crippen LogP contribution in [0.15, 0.2) is 0 Å². The van der Waals surface area contributed by atoms with E-state index in [1.54, 1.807) is 0 Å². The molecule has 0 aliphatic carbocycles. The van der Waals surface area contributed by atoms with Crippen molar-refractivity contribution < 1.29 is 43.5 Å². The van der Waals surface area contributed by atoms with Crippen molar-refractivity contribution in [2.75, 3.05) is 6.54 Å². The molecular weight excluding hydrogens is 506 g/mol. The zero-order valence-corrected chi connectivity index (χ0v) is 14.0. The number of carbonyl (C=O) groups excluding carboxylic acids is 1. The molecule has 0 aromatic carbocycles. The molecule has 0 unspecified atom stereocenters. The van der Waals surface area contributed by atoms with E-state index in [4.69, 9.17) is 0 Å². The predicted octanol–water partition coefficient (Wildman–Crippen LogP) is 0.661. The molecule has 0 spiro atoms. The van der Waals surface area contributed by atoms with Crippen molar-refractivity contribution in [3.8, 4) is 0 Å². The van der Waals surface area contributed by atoms with Crippen LogP contribution in [0.1, 0.15) is 27.2 Å². The average Bonchev–Trinajstić information content (AvgIpc) is 2.30. The molecule has 1 rings (SSSR count). The number of amides is 1. The summed E-state index contributed by atoms with van der Waals surface area (Å²) >= 11 is 2.94. The molecule has 0 saturated carbocycles. The number of hydrogen-bond acceptors (Lipinski definition) is 1. The van der Waals surface area contributed by atoms with Crippen molar-refractivity contribution in [3.63, 3.8) is 0 Å². The normalized spacial score (nSPS) is 18.2. The summed E-state index contributed by atoms with van der Waals surface area (Å²) in [7, 11) is 0. The van der Waals surface area contributed by atoms with Crippen LogP contribution in [-0.4, -0.2) is 25.3 Å². The average molecular weight is 519 g/mol. The molecule has 72 valence electrons. The van der Waals surface area contributed by atoms with Crippen molar-refractivity contribution in [1.82, 2.24) is 4.90 Å². The van der Waals surface area contributed by atoms with Gasteiger partial charge in [-0.25, -0.2) is 0 Å². The van der Waals surface area contributed by atoms with Gasteiger partial charge in [-0.15, -0.1) is 0 Å². The van der Waals surface area contributed by atoms with Gasteiger partial charge < -0.3 is 0 Å². The van der Waals surface area contributed by atoms with E-state index in [-0.39, 0.29) is 11.3 Å². The Kier molecular flexibility index (Phi) is 3.58. The van der Waals surface area contributed by atoms with E-state index in [1.165, 1.54) is 46.6 Å². The Balaban J connectivity index is 2.81. The molecule has 13 heavy (non-hydrogen) atoms. The minimum atomic E-state index is -0.235. The standard InChI is InChI=1S/C9H13NO.2W/c1-9(2,3)8(11)10-6-4-5-7-10;;/h4,6H2,1-3H3;;. The second kappa shape index (κ2) is 3.99. The van der Waals surface area contributed by atoms with Crippen LogP contribution in [0.5, 0.6) is 0 Å². The van der Waals surface area contributed by atoms with Crippen LogP contribution in [0.25, 0.3) is 0 Å². The maximum absolute atomic E-state index is 11.9. The first-order chi connectivity index (χ1) is 5.84. The molecule has 1 fully saturated rings. The summed E-state index contributed by atoms with van der Waals surface area (Å²) in [6.07, 6.45) is 1.09. The molecule has 0 aromatic heterocycles. The summed E-state index contributed by atoms with van der Waals surface area (Å²) in [6, 6.07) is 0. The molecule has 1 aliphatic heterocycles. The summed E-state index contributed by atoms with van der Waals surface area (Å²) in [5.74, 6) is 0.272. The Morgan fingerprint density at radius 2 is 1.92 bits per heavy atom. The minimum absolute atomic E-state index is 0.235. The first-order valence-corrected chi connectivity index (χ1v) is 7.16. The van der Waals surface area contributed by atoms with Gasteiger partial charge in [-0.1, -0.05) is 0 Å². The van der Waals surface area contributed by atoms with E-state index in [0.717, 1.165) is 13.0 Å². The predicted molar refractivity (Wildman–Crippen MR) is 45.8 cm³/mol. The van der Waals surface area contributed by atoms with Crippen molar-refractivity contribution in [1.29, 1.82) is 0 Å². The third kappa shape index (κ3) is 2.54. The van der Waals surface area contributed by atoms with E-state index in [2.05, 4.69) is 0 Å². The van der Waals surface area contributed by atoms with Crippen molar-refractivity contribution >= 4 is 13.8 Å². The number of hydrogen-bond donors (Lipinski definition) is 0. The van der Waals surface area contributed by atoms with Gasteiger partial charge >= 0.3 is 101 Å². The van der Waals surface area contributed by atoms with Crippen molar-refractivity contribution in [2.45, 2.75) is 27.2 Å². The van der Waals surface area contributed by atoms with Gasteiger partial charge in [0.2, 0.25) is 0 Å². The van der Waals surface area contributed by atoms with Crippen LogP contribution >= 0.6 is 0 Å². The molecule has 1 aliphatic rings. The van der Waals surface area contributed by atoms with E-state index in [1.807, 2.05) is 25.7 Å². The first-order valence-electron chi connectivity index (χ1n) is 4.23. The fourth-order valence-corrected chi connectivity index (χ4v) is 2.89. The Morgan fingerprint density at radius 3 is 2.23 bits per heavy atom. The molecule has 0 N–H and O–H groups in total. The summed E-state index contributed by atoms with van der Waals surface area (Å²) < 4.78 is 2.74. The number of nitrogens with zero attached hydrogens (tertiary/aromatic N) is 1. The molecule has 0 bridgehead atoms. The van der Waals surface area contributed by atoms with Crippen LogP contribution in [0.2, 0.25) is 0 Å². The van der Waals surface area contributed by atoms with Crippen LogP contribution in [0.4, 0.5) is 0 Å². The fourth-order valence-electron chi connectivity index (χ4n) is 1.17. The SMILES string of the molecule is CC(C)(C)C(=O)N1CC[C](=[W])[C]1=[W]. The Bertz CT molecular complexity index is 278. The molecule has 1 saturated heterocycles.